The molecule has 0 saturated carbocycles. The highest BCUT2D eigenvalue weighted by Crippen LogP contribution is 2.48. The van der Waals surface area contributed by atoms with Gasteiger partial charge in [0.1, 0.15) is 6.10 Å². The van der Waals surface area contributed by atoms with Gasteiger partial charge in [-0.3, -0.25) is 0 Å². The van der Waals surface area contributed by atoms with Crippen LogP contribution in [0.4, 0.5) is 4.79 Å². The summed E-state index contributed by atoms with van der Waals surface area (Å²) < 4.78 is 5.38. The van der Waals surface area contributed by atoms with E-state index >= 15 is 0 Å². The fraction of sp³-hybridized carbons (Fsp3) is 0.278. The molecule has 0 radical (unpaired) electrons. The Balaban J connectivity index is 2.03. The Kier molecular flexibility index (Phi) is 3.61. The van der Waals surface area contributed by atoms with Crippen LogP contribution in [-0.4, -0.2) is 6.09 Å². The first kappa shape index (κ1) is 14.9. The van der Waals surface area contributed by atoms with Gasteiger partial charge in [-0.2, -0.15) is 0 Å². The van der Waals surface area contributed by atoms with Gasteiger partial charge < -0.3 is 10.5 Å². The number of hydrogen-bond acceptors (Lipinski definition) is 2. The lowest BCUT2D eigenvalue weighted by atomic mass is 9.87. The zero-order valence-electron chi connectivity index (χ0n) is 12.6. The van der Waals surface area contributed by atoms with Crippen LogP contribution in [0.15, 0.2) is 42.5 Å². The van der Waals surface area contributed by atoms with Crippen molar-refractivity contribution in [2.24, 2.45) is 11.1 Å². The minimum atomic E-state index is -0.733. The maximum absolute atomic E-state index is 11.2. The summed E-state index contributed by atoms with van der Waals surface area (Å²) in [5.41, 5.74) is 9.48. The van der Waals surface area contributed by atoms with Crippen LogP contribution in [0.5, 0.6) is 0 Å². The lowest BCUT2D eigenvalue weighted by molar-refractivity contribution is 0.0392. The summed E-state index contributed by atoms with van der Waals surface area (Å²) in [6, 6.07) is 14.0. The molecule has 0 aliphatic heterocycles. The molecule has 1 aliphatic carbocycles. The smallest absolute Gasteiger partial charge is 0.405 e. The predicted octanol–water partition coefficient (Wildman–Crippen LogP) is 4.73. The third-order valence-corrected chi connectivity index (χ3v) is 4.45. The molecule has 0 bridgehead atoms. The summed E-state index contributed by atoms with van der Waals surface area (Å²) in [6.45, 7) is 4.17. The van der Waals surface area contributed by atoms with E-state index < -0.39 is 6.09 Å². The molecule has 1 atom stereocenters. The number of ether oxygens (including phenoxy) is 1. The lowest BCUT2D eigenvalue weighted by Gasteiger charge is -2.26. The van der Waals surface area contributed by atoms with Gasteiger partial charge in [-0.05, 0) is 46.9 Å². The fourth-order valence-electron chi connectivity index (χ4n) is 3.17. The predicted molar refractivity (Wildman–Crippen MR) is 87.8 cm³/mol. The topological polar surface area (TPSA) is 52.3 Å². The van der Waals surface area contributed by atoms with Crippen molar-refractivity contribution in [2.45, 2.75) is 26.4 Å². The van der Waals surface area contributed by atoms with Crippen LogP contribution in [0.1, 0.15) is 31.1 Å². The molecule has 2 aromatic rings. The van der Waals surface area contributed by atoms with Crippen molar-refractivity contribution in [3.05, 3.63) is 58.6 Å². The highest BCUT2D eigenvalue weighted by molar-refractivity contribution is 6.30. The first-order valence-electron chi connectivity index (χ1n) is 7.22. The summed E-state index contributed by atoms with van der Waals surface area (Å²) >= 11 is 5.94. The molecule has 3 nitrogen and oxygen atoms in total. The van der Waals surface area contributed by atoms with Crippen LogP contribution in [0.3, 0.4) is 0 Å². The third-order valence-electron chi connectivity index (χ3n) is 4.20. The van der Waals surface area contributed by atoms with Gasteiger partial charge in [-0.1, -0.05) is 49.7 Å². The molecule has 4 heteroatoms. The lowest BCUT2D eigenvalue weighted by Crippen LogP contribution is -2.25. The Bertz CT molecular complexity index is 722. The highest BCUT2D eigenvalue weighted by Gasteiger charge is 2.41. The van der Waals surface area contributed by atoms with Crippen LogP contribution in [0.25, 0.3) is 11.1 Å². The molecule has 1 aliphatic rings. The standard InChI is InChI=1S/C18H18ClNO2/c1-18(2)10-13-4-3-12(11-5-7-14(19)8-6-11)9-15(13)16(18)22-17(20)21/h3-9,16H,10H2,1-2H3,(H2,20,21). The molecule has 0 aromatic heterocycles. The van der Waals surface area contributed by atoms with E-state index in [1.54, 1.807) is 0 Å². The summed E-state index contributed by atoms with van der Waals surface area (Å²) in [6.07, 6.45) is -0.184. The second-order valence-electron chi connectivity index (χ2n) is 6.40. The molecule has 0 heterocycles. The molecule has 0 saturated heterocycles. The SMILES string of the molecule is CC1(C)Cc2ccc(-c3ccc(Cl)cc3)cc2C1OC(N)=O. The quantitative estimate of drug-likeness (QED) is 0.871. The number of hydrogen-bond donors (Lipinski definition) is 1. The van der Waals surface area contributed by atoms with Crippen molar-refractivity contribution < 1.29 is 9.53 Å². The Hall–Kier alpha value is -2.00. The van der Waals surface area contributed by atoms with Gasteiger partial charge in [0, 0.05) is 10.4 Å². The molecule has 0 spiro atoms. The minimum absolute atomic E-state index is 0.157. The zero-order chi connectivity index (χ0) is 15.9. The Morgan fingerprint density at radius 1 is 1.18 bits per heavy atom. The van der Waals surface area contributed by atoms with Gasteiger partial charge in [0.15, 0.2) is 0 Å². The van der Waals surface area contributed by atoms with Gasteiger partial charge in [-0.25, -0.2) is 4.79 Å². The summed E-state index contributed by atoms with van der Waals surface area (Å²) in [4.78, 5) is 11.2. The number of benzene rings is 2. The molecule has 0 fully saturated rings. The molecule has 3 rings (SSSR count). The Labute approximate surface area is 135 Å². The number of rotatable bonds is 2. The van der Waals surface area contributed by atoms with E-state index in [-0.39, 0.29) is 11.5 Å². The number of fused-ring (bicyclic) bond motifs is 1. The van der Waals surface area contributed by atoms with E-state index in [1.165, 1.54) is 5.56 Å². The van der Waals surface area contributed by atoms with Crippen LogP contribution >= 0.6 is 11.6 Å². The first-order chi connectivity index (χ1) is 10.4. The average Bonchev–Trinajstić information content (AvgIpc) is 2.69. The van der Waals surface area contributed by atoms with Gasteiger partial charge in [0.25, 0.3) is 0 Å². The van der Waals surface area contributed by atoms with Crippen molar-refractivity contribution in [1.29, 1.82) is 0 Å². The molecule has 114 valence electrons. The van der Waals surface area contributed by atoms with Crippen LogP contribution in [0.2, 0.25) is 5.02 Å². The Morgan fingerprint density at radius 3 is 2.45 bits per heavy atom. The average molecular weight is 316 g/mol. The van der Waals surface area contributed by atoms with Crippen molar-refractivity contribution in [2.75, 3.05) is 0 Å². The van der Waals surface area contributed by atoms with Gasteiger partial charge in [-0.15, -0.1) is 0 Å². The van der Waals surface area contributed by atoms with Crippen LogP contribution < -0.4 is 5.73 Å². The maximum atomic E-state index is 11.2. The number of nitrogens with two attached hydrogens (primary N) is 1. The van der Waals surface area contributed by atoms with Crippen molar-refractivity contribution in [3.8, 4) is 11.1 Å². The molecule has 1 amide bonds. The monoisotopic (exact) mass is 315 g/mol. The number of amides is 1. The molecule has 2 aromatic carbocycles. The number of primary amides is 1. The van der Waals surface area contributed by atoms with Gasteiger partial charge >= 0.3 is 6.09 Å². The van der Waals surface area contributed by atoms with E-state index in [1.807, 2.05) is 24.3 Å². The number of carbonyl (C=O) groups is 1. The van der Waals surface area contributed by atoms with E-state index in [4.69, 9.17) is 22.1 Å². The molecule has 2 N–H and O–H groups in total. The summed E-state index contributed by atoms with van der Waals surface area (Å²) in [5.74, 6) is 0. The van der Waals surface area contributed by atoms with Crippen LogP contribution in [0, 0.1) is 5.41 Å². The van der Waals surface area contributed by atoms with Crippen molar-refractivity contribution >= 4 is 17.7 Å². The van der Waals surface area contributed by atoms with E-state index in [0.717, 1.165) is 23.1 Å². The van der Waals surface area contributed by atoms with E-state index in [2.05, 4.69) is 32.0 Å². The molecule has 1 unspecified atom stereocenters. The second kappa shape index (κ2) is 5.33. The zero-order valence-corrected chi connectivity index (χ0v) is 13.4. The fourth-order valence-corrected chi connectivity index (χ4v) is 3.29. The van der Waals surface area contributed by atoms with Gasteiger partial charge in [0.05, 0.1) is 0 Å². The maximum Gasteiger partial charge on any atom is 0.405 e. The third kappa shape index (κ3) is 2.69. The second-order valence-corrected chi connectivity index (χ2v) is 6.84. The molecular weight excluding hydrogens is 298 g/mol. The summed E-state index contributed by atoms with van der Waals surface area (Å²) in [5, 5.41) is 0.709. The largest absolute Gasteiger partial charge is 0.441 e. The van der Waals surface area contributed by atoms with Crippen LogP contribution in [-0.2, 0) is 11.2 Å². The van der Waals surface area contributed by atoms with Gasteiger partial charge in [0.2, 0.25) is 0 Å². The van der Waals surface area contributed by atoms with E-state index in [9.17, 15) is 4.79 Å². The number of halogens is 1. The first-order valence-corrected chi connectivity index (χ1v) is 7.59. The summed E-state index contributed by atoms with van der Waals surface area (Å²) in [7, 11) is 0. The minimum Gasteiger partial charge on any atom is -0.441 e. The Morgan fingerprint density at radius 2 is 1.82 bits per heavy atom. The van der Waals surface area contributed by atoms with E-state index in [0.29, 0.717) is 5.02 Å². The molecular formula is C18H18ClNO2. The number of carbonyl (C=O) groups excluding carboxylic acids is 1. The van der Waals surface area contributed by atoms with Crippen molar-refractivity contribution in [1.82, 2.24) is 0 Å². The van der Waals surface area contributed by atoms with Crippen molar-refractivity contribution in [3.63, 3.8) is 0 Å². The normalized spacial score (nSPS) is 18.8. The highest BCUT2D eigenvalue weighted by atomic mass is 35.5. The molecule has 22 heavy (non-hydrogen) atoms.